The Morgan fingerprint density at radius 1 is 1.13 bits per heavy atom. The first-order chi connectivity index (χ1) is 14.5. The Hall–Kier alpha value is -2.33. The summed E-state index contributed by atoms with van der Waals surface area (Å²) in [6.45, 7) is 12.1. The molecule has 0 aliphatic carbocycles. The van der Waals surface area contributed by atoms with E-state index in [4.69, 9.17) is 18.9 Å². The van der Waals surface area contributed by atoms with E-state index in [1.807, 2.05) is 0 Å². The van der Waals surface area contributed by atoms with Crippen LogP contribution < -0.4 is 16.0 Å². The molecule has 3 atom stereocenters. The summed E-state index contributed by atoms with van der Waals surface area (Å²) < 4.78 is 21.3. The van der Waals surface area contributed by atoms with Crippen molar-refractivity contribution in [1.29, 1.82) is 0 Å². The average Bonchev–Trinajstić information content (AvgIpc) is 2.67. The lowest BCUT2D eigenvalue weighted by atomic mass is 10.1. The molecule has 1 fully saturated rings. The van der Waals surface area contributed by atoms with E-state index in [-0.39, 0.29) is 6.61 Å². The third-order valence-electron chi connectivity index (χ3n) is 4.40. The van der Waals surface area contributed by atoms with Gasteiger partial charge in [-0.15, -0.1) is 0 Å². The van der Waals surface area contributed by atoms with Crippen LogP contribution in [0.4, 0.5) is 4.79 Å². The summed E-state index contributed by atoms with van der Waals surface area (Å²) in [6, 6.07) is -2.13. The quantitative estimate of drug-likeness (QED) is 0.545. The Balaban J connectivity index is 2.87. The fraction of sp³-hybridized carbons (Fsp3) is 0.762. The molecule has 0 aromatic rings. The fourth-order valence-electron chi connectivity index (χ4n) is 2.69. The van der Waals surface area contributed by atoms with Crippen LogP contribution in [0.1, 0.15) is 47.0 Å². The van der Waals surface area contributed by atoms with Gasteiger partial charge < -0.3 is 34.9 Å². The molecule has 0 radical (unpaired) electrons. The molecule has 1 heterocycles. The summed E-state index contributed by atoms with van der Waals surface area (Å²) in [7, 11) is 1.31. The Morgan fingerprint density at radius 3 is 2.39 bits per heavy atom. The second kappa shape index (κ2) is 13.2. The highest BCUT2D eigenvalue weighted by Crippen LogP contribution is 2.08. The predicted octanol–water partition coefficient (Wildman–Crippen LogP) is 1.25. The van der Waals surface area contributed by atoms with Crippen LogP contribution in [0, 0.1) is 0 Å². The molecule has 10 heteroatoms. The number of carbonyl (C=O) groups excluding carboxylic acids is 3. The molecule has 1 aliphatic heterocycles. The number of nitrogens with one attached hydrogen (secondary N) is 3. The molecule has 1 aliphatic rings. The van der Waals surface area contributed by atoms with Crippen LogP contribution >= 0.6 is 0 Å². The number of hydrogen-bond donors (Lipinski definition) is 3. The molecule has 0 bridgehead atoms. The number of ether oxygens (including phenoxy) is 4. The zero-order chi connectivity index (χ0) is 23.4. The van der Waals surface area contributed by atoms with Gasteiger partial charge in [0.1, 0.15) is 17.7 Å². The Kier molecular flexibility index (Phi) is 11.3. The van der Waals surface area contributed by atoms with Gasteiger partial charge in [0.25, 0.3) is 0 Å². The van der Waals surface area contributed by atoms with Crippen molar-refractivity contribution in [3.63, 3.8) is 0 Å². The maximum Gasteiger partial charge on any atom is 0.408 e. The van der Waals surface area contributed by atoms with Crippen molar-refractivity contribution in [2.75, 3.05) is 33.5 Å². The number of alkyl carbamates (subject to hydrolysis) is 1. The van der Waals surface area contributed by atoms with Gasteiger partial charge in [-0.3, -0.25) is 4.79 Å². The minimum Gasteiger partial charge on any atom is -0.467 e. The molecule has 31 heavy (non-hydrogen) atoms. The molecule has 3 N–H and O–H groups in total. The first-order valence-corrected chi connectivity index (χ1v) is 10.5. The minimum atomic E-state index is -0.953. The van der Waals surface area contributed by atoms with Crippen LogP contribution in [0.25, 0.3) is 0 Å². The standard InChI is InChI=1S/C21H37N3O7/c1-14-15(2)23-18(25)17(24-20(27)31-21(3,4)5)13-30-11-8-7-10-29-12-9-16(22-14)19(26)28-6/h15-17,22H,1,7-13H2,2-6H3,(H,23,25)(H,24,27)/t15-,16-,17-/m0/s1. The molecule has 178 valence electrons. The number of hydrogen-bond acceptors (Lipinski definition) is 8. The summed E-state index contributed by atoms with van der Waals surface area (Å²) in [5.41, 5.74) is -0.276. The largest absolute Gasteiger partial charge is 0.467 e. The minimum absolute atomic E-state index is 0.0106. The van der Waals surface area contributed by atoms with E-state index in [0.29, 0.717) is 31.9 Å². The van der Waals surface area contributed by atoms with Gasteiger partial charge in [0.05, 0.1) is 19.8 Å². The Labute approximate surface area is 184 Å². The zero-order valence-corrected chi connectivity index (χ0v) is 19.2. The SMILES string of the molecule is C=C1N[C@H](C(=O)OC)CCOCCCCOC[C@H](NC(=O)OC(C)(C)C)C(=O)N[C@H]1C. The summed E-state index contributed by atoms with van der Waals surface area (Å²) >= 11 is 0. The van der Waals surface area contributed by atoms with Crippen LogP contribution in [0.2, 0.25) is 0 Å². The highest BCUT2D eigenvalue weighted by atomic mass is 16.6. The number of amides is 2. The zero-order valence-electron chi connectivity index (χ0n) is 19.2. The maximum absolute atomic E-state index is 12.8. The second-order valence-corrected chi connectivity index (χ2v) is 8.36. The predicted molar refractivity (Wildman–Crippen MR) is 114 cm³/mol. The summed E-state index contributed by atoms with van der Waals surface area (Å²) in [5, 5.41) is 8.32. The summed E-state index contributed by atoms with van der Waals surface area (Å²) in [5.74, 6) is -0.895. The van der Waals surface area contributed by atoms with Gasteiger partial charge >= 0.3 is 12.1 Å². The van der Waals surface area contributed by atoms with Gasteiger partial charge in [0, 0.05) is 31.9 Å². The van der Waals surface area contributed by atoms with Gasteiger partial charge in [-0.1, -0.05) is 6.58 Å². The van der Waals surface area contributed by atoms with Crippen molar-refractivity contribution >= 4 is 18.0 Å². The van der Waals surface area contributed by atoms with Crippen molar-refractivity contribution in [2.45, 2.75) is 70.7 Å². The fourth-order valence-corrected chi connectivity index (χ4v) is 2.69. The number of rotatable bonds is 2. The molecule has 0 spiro atoms. The van der Waals surface area contributed by atoms with E-state index in [0.717, 1.165) is 12.8 Å². The first-order valence-electron chi connectivity index (χ1n) is 10.5. The highest BCUT2D eigenvalue weighted by molar-refractivity contribution is 5.86. The van der Waals surface area contributed by atoms with Crippen molar-refractivity contribution in [2.24, 2.45) is 0 Å². The number of methoxy groups -OCH3 is 1. The van der Waals surface area contributed by atoms with Crippen molar-refractivity contribution in [1.82, 2.24) is 16.0 Å². The van der Waals surface area contributed by atoms with Gasteiger partial charge in [-0.05, 0) is 40.5 Å². The molecular weight excluding hydrogens is 406 g/mol. The van der Waals surface area contributed by atoms with Gasteiger partial charge in [0.2, 0.25) is 5.91 Å². The number of carbonyl (C=O) groups is 3. The molecule has 1 rings (SSSR count). The third kappa shape index (κ3) is 11.0. The van der Waals surface area contributed by atoms with E-state index >= 15 is 0 Å². The Bertz CT molecular complexity index is 619. The van der Waals surface area contributed by atoms with Crippen LogP contribution in [0.5, 0.6) is 0 Å². The Morgan fingerprint density at radius 2 is 1.77 bits per heavy atom. The topological polar surface area (TPSA) is 124 Å². The highest BCUT2D eigenvalue weighted by Gasteiger charge is 2.27. The summed E-state index contributed by atoms with van der Waals surface area (Å²) in [6.07, 6.45) is 1.17. The van der Waals surface area contributed by atoms with Crippen LogP contribution in [0.3, 0.4) is 0 Å². The lowest BCUT2D eigenvalue weighted by Gasteiger charge is -2.26. The molecule has 2 amide bonds. The summed E-state index contributed by atoms with van der Waals surface area (Å²) in [4.78, 5) is 37.0. The van der Waals surface area contributed by atoms with E-state index in [9.17, 15) is 14.4 Å². The molecule has 0 unspecified atom stereocenters. The molecule has 0 saturated carbocycles. The van der Waals surface area contributed by atoms with Crippen molar-refractivity contribution in [3.05, 3.63) is 12.3 Å². The van der Waals surface area contributed by atoms with E-state index in [2.05, 4.69) is 22.5 Å². The van der Waals surface area contributed by atoms with Gasteiger partial charge in [-0.2, -0.15) is 0 Å². The number of esters is 1. The molecule has 0 aromatic carbocycles. The van der Waals surface area contributed by atoms with Crippen molar-refractivity contribution in [3.8, 4) is 0 Å². The van der Waals surface area contributed by atoms with E-state index in [1.54, 1.807) is 27.7 Å². The van der Waals surface area contributed by atoms with E-state index < -0.39 is 41.7 Å². The maximum atomic E-state index is 12.8. The lowest BCUT2D eigenvalue weighted by Crippen LogP contribution is -2.53. The normalized spacial score (nSPS) is 25.0. The van der Waals surface area contributed by atoms with Gasteiger partial charge in [0.15, 0.2) is 0 Å². The third-order valence-corrected chi connectivity index (χ3v) is 4.40. The molecule has 1 saturated heterocycles. The van der Waals surface area contributed by atoms with Crippen LogP contribution in [0.15, 0.2) is 12.3 Å². The van der Waals surface area contributed by atoms with Crippen molar-refractivity contribution < 1.29 is 33.3 Å². The molecule has 0 aromatic heterocycles. The average molecular weight is 444 g/mol. The lowest BCUT2D eigenvalue weighted by molar-refractivity contribution is -0.143. The van der Waals surface area contributed by atoms with Gasteiger partial charge in [-0.25, -0.2) is 9.59 Å². The van der Waals surface area contributed by atoms with Crippen LogP contribution in [-0.2, 0) is 28.5 Å². The first kappa shape index (κ1) is 26.7. The second-order valence-electron chi connectivity index (χ2n) is 8.36. The molecule has 10 nitrogen and oxygen atoms in total. The van der Waals surface area contributed by atoms with E-state index in [1.165, 1.54) is 7.11 Å². The van der Waals surface area contributed by atoms with Crippen LogP contribution in [-0.4, -0.2) is 75.2 Å². The monoisotopic (exact) mass is 443 g/mol. The molecular formula is C21H37N3O7. The smallest absolute Gasteiger partial charge is 0.408 e.